The van der Waals surface area contributed by atoms with Crippen molar-refractivity contribution < 1.29 is 52.8 Å². The minimum Gasteiger partial charge on any atom is -0.444 e. The molecule has 5 N–H and O–H groups in total. The molecule has 1 aromatic rings. The summed E-state index contributed by atoms with van der Waals surface area (Å²) in [5.41, 5.74) is 6.26. The van der Waals surface area contributed by atoms with Crippen LogP contribution in [0.25, 0.3) is 0 Å². The number of aliphatic hydroxyl groups is 1. The molecule has 1 fully saturated rings. The van der Waals surface area contributed by atoms with Crippen LogP contribution in [-0.4, -0.2) is 121 Å². The van der Waals surface area contributed by atoms with Crippen LogP contribution in [0.1, 0.15) is 77.2 Å². The van der Waals surface area contributed by atoms with Crippen LogP contribution >= 0.6 is 0 Å². The van der Waals surface area contributed by atoms with E-state index in [4.69, 9.17) is 24.7 Å². The van der Waals surface area contributed by atoms with Crippen molar-refractivity contribution in [2.24, 2.45) is 17.6 Å². The highest BCUT2D eigenvalue weighted by Gasteiger charge is 2.34. The summed E-state index contributed by atoms with van der Waals surface area (Å²) in [5.74, 6) is -3.50. The first-order chi connectivity index (χ1) is 28.7. The number of hydrogen-bond acceptors (Lipinski definition) is 12. The SMILES string of the molecule is CO[C@H]1/C=C\C=C(/C)C(=O)NC2=CC(=O)C(NC(=O)c3ccc(CN4CCN(C(=O)OC(C)(C)C)CC4)cc3)=C(C[C@@H](C)C[C@H](OC)[C@H](O)[C@@H](C)/C=C(\C)[C@H]1OC(N)=O)C2=O. The normalized spacial score (nSPS) is 27.5. The van der Waals surface area contributed by atoms with Crippen LogP contribution in [0.3, 0.4) is 0 Å². The van der Waals surface area contributed by atoms with Gasteiger partial charge in [0.2, 0.25) is 11.6 Å². The summed E-state index contributed by atoms with van der Waals surface area (Å²) in [6.07, 6.45) is 2.52. The van der Waals surface area contributed by atoms with E-state index in [9.17, 15) is 33.9 Å². The number of ether oxygens (including phenoxy) is 4. The van der Waals surface area contributed by atoms with E-state index in [0.29, 0.717) is 38.3 Å². The van der Waals surface area contributed by atoms with Gasteiger partial charge in [-0.25, -0.2) is 9.59 Å². The summed E-state index contributed by atoms with van der Waals surface area (Å²) in [6, 6.07) is 6.91. The molecule has 6 atom stereocenters. The Morgan fingerprint density at radius 1 is 0.984 bits per heavy atom. The van der Waals surface area contributed by atoms with Gasteiger partial charge in [-0.3, -0.25) is 24.1 Å². The number of allylic oxidation sites excluding steroid dienone is 4. The van der Waals surface area contributed by atoms with E-state index in [0.717, 1.165) is 11.6 Å². The monoisotopic (exact) mass is 847 g/mol. The van der Waals surface area contributed by atoms with Gasteiger partial charge in [0.1, 0.15) is 11.7 Å². The Kier molecular flexibility index (Phi) is 16.9. The van der Waals surface area contributed by atoms with E-state index in [-0.39, 0.29) is 53.0 Å². The zero-order valence-corrected chi connectivity index (χ0v) is 36.6. The van der Waals surface area contributed by atoms with Gasteiger partial charge >= 0.3 is 12.2 Å². The molecule has 61 heavy (non-hydrogen) atoms. The molecular formula is C45H61N5O11. The highest BCUT2D eigenvalue weighted by molar-refractivity contribution is 6.24. The molecule has 0 unspecified atom stereocenters. The summed E-state index contributed by atoms with van der Waals surface area (Å²) in [4.78, 5) is 83.2. The van der Waals surface area contributed by atoms with Crippen LogP contribution in [0.5, 0.6) is 0 Å². The second-order valence-electron chi connectivity index (χ2n) is 16.8. The average molecular weight is 848 g/mol. The van der Waals surface area contributed by atoms with Crippen LogP contribution in [0.4, 0.5) is 9.59 Å². The van der Waals surface area contributed by atoms with E-state index in [2.05, 4.69) is 15.5 Å². The maximum atomic E-state index is 14.1. The molecule has 2 bridgehead atoms. The minimum atomic E-state index is -1.06. The van der Waals surface area contributed by atoms with Gasteiger partial charge < -0.3 is 45.3 Å². The summed E-state index contributed by atoms with van der Waals surface area (Å²) in [7, 11) is 2.87. The number of benzene rings is 1. The summed E-state index contributed by atoms with van der Waals surface area (Å²) < 4.78 is 22.2. The van der Waals surface area contributed by atoms with Crippen molar-refractivity contribution in [3.8, 4) is 0 Å². The number of piperazine rings is 1. The summed E-state index contributed by atoms with van der Waals surface area (Å²) >= 11 is 0. The molecule has 16 heteroatoms. The van der Waals surface area contributed by atoms with Gasteiger partial charge in [0.25, 0.3) is 11.8 Å². The number of aliphatic hydroxyl groups excluding tert-OH is 1. The van der Waals surface area contributed by atoms with E-state index >= 15 is 0 Å². The topological polar surface area (TPSA) is 216 Å². The molecule has 332 valence electrons. The number of nitrogens with one attached hydrogen (secondary N) is 2. The molecule has 16 nitrogen and oxygen atoms in total. The van der Waals surface area contributed by atoms with Crippen LogP contribution in [-0.2, 0) is 39.9 Å². The van der Waals surface area contributed by atoms with E-state index in [1.165, 1.54) is 33.3 Å². The molecule has 3 aliphatic rings. The van der Waals surface area contributed by atoms with Gasteiger partial charge in [-0.05, 0) is 76.6 Å². The largest absolute Gasteiger partial charge is 0.444 e. The third-order valence-electron chi connectivity index (χ3n) is 10.7. The molecule has 2 aliphatic heterocycles. The second kappa shape index (κ2) is 21.4. The van der Waals surface area contributed by atoms with Crippen molar-refractivity contribution in [2.75, 3.05) is 40.4 Å². The lowest BCUT2D eigenvalue weighted by Crippen LogP contribution is -2.49. The number of nitrogens with zero attached hydrogens (tertiary/aromatic N) is 2. The molecular weight excluding hydrogens is 787 g/mol. The maximum absolute atomic E-state index is 14.1. The first kappa shape index (κ1) is 48.2. The molecule has 0 radical (unpaired) electrons. The van der Waals surface area contributed by atoms with E-state index < -0.39 is 65.4 Å². The van der Waals surface area contributed by atoms with Gasteiger partial charge in [-0.15, -0.1) is 0 Å². The smallest absolute Gasteiger partial charge is 0.410 e. The van der Waals surface area contributed by atoms with Crippen LogP contribution in [0, 0.1) is 11.8 Å². The first-order valence-electron chi connectivity index (χ1n) is 20.4. The number of amides is 4. The Morgan fingerprint density at radius 3 is 2.23 bits per heavy atom. The van der Waals surface area contributed by atoms with Crippen LogP contribution < -0.4 is 16.4 Å². The van der Waals surface area contributed by atoms with Crippen molar-refractivity contribution >= 4 is 35.6 Å². The molecule has 0 spiro atoms. The van der Waals surface area contributed by atoms with E-state index in [1.54, 1.807) is 43.0 Å². The maximum Gasteiger partial charge on any atom is 0.410 e. The molecule has 2 heterocycles. The van der Waals surface area contributed by atoms with Gasteiger partial charge in [0, 0.05) is 75.6 Å². The van der Waals surface area contributed by atoms with Crippen molar-refractivity contribution in [1.29, 1.82) is 0 Å². The third kappa shape index (κ3) is 13.5. The number of ketones is 2. The fraction of sp³-hybridized carbons (Fsp3) is 0.511. The van der Waals surface area contributed by atoms with E-state index in [1.807, 2.05) is 39.8 Å². The number of methoxy groups -OCH3 is 2. The Bertz CT molecular complexity index is 1970. The van der Waals surface area contributed by atoms with Gasteiger partial charge in [0.05, 0.1) is 23.6 Å². The lowest BCUT2D eigenvalue weighted by molar-refractivity contribution is -0.120. The number of carbonyl (C=O) groups is 6. The number of hydrogen-bond donors (Lipinski definition) is 4. The minimum absolute atomic E-state index is 0.00671. The Morgan fingerprint density at radius 2 is 1.64 bits per heavy atom. The molecule has 0 aromatic heterocycles. The Hall–Kier alpha value is -5.42. The number of fused-ring (bicyclic) bond motifs is 2. The van der Waals surface area contributed by atoms with Gasteiger partial charge in [-0.1, -0.05) is 50.3 Å². The number of nitrogens with two attached hydrogens (primary N) is 1. The second-order valence-corrected chi connectivity index (χ2v) is 16.8. The predicted octanol–water partition coefficient (Wildman–Crippen LogP) is 4.24. The third-order valence-corrected chi connectivity index (χ3v) is 10.7. The Balaban J connectivity index is 1.58. The van der Waals surface area contributed by atoms with Crippen molar-refractivity contribution in [3.05, 3.63) is 93.9 Å². The van der Waals surface area contributed by atoms with Gasteiger partial charge in [-0.2, -0.15) is 0 Å². The molecule has 4 rings (SSSR count). The van der Waals surface area contributed by atoms with Gasteiger partial charge in [0.15, 0.2) is 6.10 Å². The number of rotatable bonds is 7. The summed E-state index contributed by atoms with van der Waals surface area (Å²) in [6.45, 7) is 15.3. The molecule has 1 aliphatic carbocycles. The molecule has 1 aromatic carbocycles. The summed E-state index contributed by atoms with van der Waals surface area (Å²) in [5, 5.41) is 16.7. The highest BCUT2D eigenvalue weighted by Crippen LogP contribution is 2.29. The quantitative estimate of drug-likeness (QED) is 0.224. The van der Waals surface area contributed by atoms with Crippen LogP contribution in [0.2, 0.25) is 0 Å². The van der Waals surface area contributed by atoms with Crippen molar-refractivity contribution in [2.45, 2.75) is 97.9 Å². The Labute approximate surface area is 357 Å². The molecule has 1 saturated heterocycles. The van der Waals surface area contributed by atoms with Crippen molar-refractivity contribution in [1.82, 2.24) is 20.4 Å². The standard InChI is InChI=1S/C45H61N5O11/c1-26-21-32-37(48-42(55)31-15-13-30(14-16-31)25-49-17-19-50(20-18-49)44(57)61-45(5,6)7)34(51)24-33(39(32)53)47-41(54)27(2)11-10-12-35(58-8)40(60-43(46)56)29(4)23-28(3)38(52)36(22-26)59-9/h10-16,23-24,26,28,35-36,38,40,52H,17-22,25H2,1-9H3,(H2,46,56)(H,47,54)(H,48,55)/b12-10-,27-11+,29-23+/t26-,28+,35+,36+,38-,40-/m1/s1. The zero-order chi connectivity index (χ0) is 45.2. The number of carbonyl (C=O) groups excluding carboxylic acids is 6. The highest BCUT2D eigenvalue weighted by atomic mass is 16.6. The predicted molar refractivity (Wildman–Crippen MR) is 227 cm³/mol. The molecule has 4 amide bonds. The number of Topliss-reactive ketones (excluding diaryl/α,β-unsaturated/α-hetero) is 1. The average Bonchev–Trinajstić information content (AvgIpc) is 3.19. The lowest BCUT2D eigenvalue weighted by atomic mass is 9.85. The number of primary amides is 1. The first-order valence-corrected chi connectivity index (χ1v) is 20.4. The van der Waals surface area contributed by atoms with Crippen molar-refractivity contribution in [3.63, 3.8) is 0 Å². The fourth-order valence-corrected chi connectivity index (χ4v) is 7.34. The van der Waals surface area contributed by atoms with Crippen LogP contribution in [0.15, 0.2) is 82.8 Å². The molecule has 0 saturated carbocycles. The zero-order valence-electron chi connectivity index (χ0n) is 36.6. The lowest BCUT2D eigenvalue weighted by Gasteiger charge is -2.35. The fourth-order valence-electron chi connectivity index (χ4n) is 7.34.